The van der Waals surface area contributed by atoms with Gasteiger partial charge in [-0.3, -0.25) is 4.79 Å². The van der Waals surface area contributed by atoms with E-state index in [4.69, 9.17) is 0 Å². The summed E-state index contributed by atoms with van der Waals surface area (Å²) >= 11 is 0. The van der Waals surface area contributed by atoms with Gasteiger partial charge in [-0.1, -0.05) is 36.8 Å². The number of carbonyl (C=O) groups excluding carboxylic acids is 1. The van der Waals surface area contributed by atoms with Crippen molar-refractivity contribution in [3.8, 4) is 0 Å². The molecule has 118 valence electrons. The van der Waals surface area contributed by atoms with Gasteiger partial charge in [-0.05, 0) is 44.2 Å². The average molecular weight is 311 g/mol. The van der Waals surface area contributed by atoms with Gasteiger partial charge in [0.15, 0.2) is 0 Å². The van der Waals surface area contributed by atoms with Crippen LogP contribution in [0.25, 0.3) is 0 Å². The van der Waals surface area contributed by atoms with E-state index < -0.39 is 0 Å². The smallest absolute Gasteiger partial charge is 0.220 e. The number of hydrogen-bond donors (Lipinski definition) is 2. The molecule has 0 aliphatic carbocycles. The molecule has 1 aliphatic rings. The Hall–Kier alpha value is -1.06. The van der Waals surface area contributed by atoms with Crippen molar-refractivity contribution in [2.24, 2.45) is 5.92 Å². The second kappa shape index (κ2) is 9.06. The second-order valence-electron chi connectivity index (χ2n) is 5.98. The van der Waals surface area contributed by atoms with Crippen LogP contribution in [0.4, 0.5) is 0 Å². The summed E-state index contributed by atoms with van der Waals surface area (Å²) in [6, 6.07) is 8.87. The lowest BCUT2D eigenvalue weighted by Gasteiger charge is -2.30. The van der Waals surface area contributed by atoms with E-state index in [0.29, 0.717) is 18.4 Å². The van der Waals surface area contributed by atoms with Crippen LogP contribution in [-0.4, -0.2) is 25.0 Å². The maximum absolute atomic E-state index is 12.0. The number of amides is 1. The van der Waals surface area contributed by atoms with E-state index in [1.54, 1.807) is 0 Å². The van der Waals surface area contributed by atoms with Crippen LogP contribution < -0.4 is 10.6 Å². The molecule has 21 heavy (non-hydrogen) atoms. The number of halogens is 1. The Labute approximate surface area is 134 Å². The first kappa shape index (κ1) is 18.0. The van der Waals surface area contributed by atoms with Gasteiger partial charge in [-0.15, -0.1) is 12.4 Å². The molecule has 0 saturated carbocycles. The minimum absolute atomic E-state index is 0. The molecule has 1 heterocycles. The van der Waals surface area contributed by atoms with Crippen molar-refractivity contribution in [2.45, 2.75) is 45.6 Å². The van der Waals surface area contributed by atoms with Crippen LogP contribution in [0.5, 0.6) is 0 Å². The van der Waals surface area contributed by atoms with E-state index in [9.17, 15) is 4.79 Å². The Morgan fingerprint density at radius 2 is 2.05 bits per heavy atom. The largest absolute Gasteiger partial charge is 0.352 e. The van der Waals surface area contributed by atoms with Gasteiger partial charge in [-0.25, -0.2) is 0 Å². The number of hydrogen-bond acceptors (Lipinski definition) is 2. The van der Waals surface area contributed by atoms with E-state index in [1.165, 1.54) is 11.1 Å². The summed E-state index contributed by atoms with van der Waals surface area (Å²) in [5.41, 5.74) is 2.60. The van der Waals surface area contributed by atoms with E-state index in [2.05, 4.69) is 48.7 Å². The summed E-state index contributed by atoms with van der Waals surface area (Å²) in [6.45, 7) is 6.29. The number of piperidine rings is 1. The van der Waals surface area contributed by atoms with Crippen LogP contribution in [0.15, 0.2) is 24.3 Å². The molecular formula is C17H27ClN2O. The number of nitrogens with one attached hydrogen (secondary N) is 2. The van der Waals surface area contributed by atoms with Gasteiger partial charge in [0.1, 0.15) is 0 Å². The van der Waals surface area contributed by atoms with Crippen LogP contribution in [0.2, 0.25) is 0 Å². The number of carbonyl (C=O) groups is 1. The lowest BCUT2D eigenvalue weighted by Crippen LogP contribution is -2.50. The van der Waals surface area contributed by atoms with Crippen LogP contribution in [0, 0.1) is 12.8 Å². The van der Waals surface area contributed by atoms with E-state index >= 15 is 0 Å². The summed E-state index contributed by atoms with van der Waals surface area (Å²) in [5.74, 6) is 0.773. The molecule has 1 fully saturated rings. The molecule has 3 nitrogen and oxygen atoms in total. The third-order valence-electron chi connectivity index (χ3n) is 4.16. The number of aryl methyl sites for hydroxylation is 2. The lowest BCUT2D eigenvalue weighted by atomic mass is 9.94. The van der Waals surface area contributed by atoms with E-state index in [1.807, 2.05) is 0 Å². The maximum atomic E-state index is 12.0. The maximum Gasteiger partial charge on any atom is 0.220 e. The minimum atomic E-state index is 0. The van der Waals surface area contributed by atoms with Gasteiger partial charge in [0.2, 0.25) is 5.91 Å². The molecule has 0 spiro atoms. The quantitative estimate of drug-likeness (QED) is 0.878. The molecule has 1 amide bonds. The summed E-state index contributed by atoms with van der Waals surface area (Å²) in [5, 5.41) is 6.51. The van der Waals surface area contributed by atoms with Crippen molar-refractivity contribution in [1.29, 1.82) is 0 Å². The minimum Gasteiger partial charge on any atom is -0.352 e. The molecule has 4 heteroatoms. The summed E-state index contributed by atoms with van der Waals surface area (Å²) in [4.78, 5) is 12.0. The Balaban J connectivity index is 0.00000220. The highest BCUT2D eigenvalue weighted by molar-refractivity contribution is 5.85. The highest BCUT2D eigenvalue weighted by atomic mass is 35.5. The van der Waals surface area contributed by atoms with Crippen molar-refractivity contribution in [3.05, 3.63) is 35.4 Å². The Morgan fingerprint density at radius 1 is 1.33 bits per heavy atom. The zero-order valence-electron chi connectivity index (χ0n) is 13.0. The Bertz CT molecular complexity index is 433. The molecule has 1 aliphatic heterocycles. The van der Waals surface area contributed by atoms with Crippen LogP contribution in [-0.2, 0) is 11.2 Å². The molecule has 2 unspecified atom stereocenters. The van der Waals surface area contributed by atoms with E-state index in [0.717, 1.165) is 32.4 Å². The molecule has 1 aromatic carbocycles. The van der Waals surface area contributed by atoms with Gasteiger partial charge in [-0.2, -0.15) is 0 Å². The fourth-order valence-corrected chi connectivity index (χ4v) is 2.67. The predicted molar refractivity (Wildman–Crippen MR) is 89.9 cm³/mol. The van der Waals surface area contributed by atoms with Crippen LogP contribution >= 0.6 is 12.4 Å². The van der Waals surface area contributed by atoms with Gasteiger partial charge in [0.25, 0.3) is 0 Å². The van der Waals surface area contributed by atoms with Crippen molar-refractivity contribution < 1.29 is 4.79 Å². The zero-order valence-corrected chi connectivity index (χ0v) is 13.8. The highest BCUT2D eigenvalue weighted by Gasteiger charge is 2.22. The SMILES string of the molecule is Cc1ccc(CCCC(=O)NC2CNCCC2C)cc1.Cl. The standard InChI is InChI=1S/C17H26N2O.ClH/c1-13-6-8-15(9-7-13)4-3-5-17(20)19-16-12-18-11-10-14(16)2;/h6-9,14,16,18H,3-5,10-12H2,1-2H3,(H,19,20);1H. The monoisotopic (exact) mass is 310 g/mol. The summed E-state index contributed by atoms with van der Waals surface area (Å²) in [6.07, 6.45) is 3.67. The normalized spacial score (nSPS) is 21.4. The van der Waals surface area contributed by atoms with Crippen LogP contribution in [0.1, 0.15) is 37.3 Å². The molecular weight excluding hydrogens is 284 g/mol. The first-order chi connectivity index (χ1) is 9.65. The van der Waals surface area contributed by atoms with Crippen LogP contribution in [0.3, 0.4) is 0 Å². The summed E-state index contributed by atoms with van der Waals surface area (Å²) in [7, 11) is 0. The molecule has 0 radical (unpaired) electrons. The third kappa shape index (κ3) is 6.06. The molecule has 1 aromatic rings. The topological polar surface area (TPSA) is 41.1 Å². The predicted octanol–water partition coefficient (Wildman–Crippen LogP) is 2.85. The van der Waals surface area contributed by atoms with Gasteiger partial charge in [0.05, 0.1) is 0 Å². The van der Waals surface area contributed by atoms with Gasteiger partial charge >= 0.3 is 0 Å². The first-order valence-electron chi connectivity index (χ1n) is 7.71. The average Bonchev–Trinajstić information content (AvgIpc) is 2.44. The van der Waals surface area contributed by atoms with Crippen molar-refractivity contribution in [2.75, 3.05) is 13.1 Å². The van der Waals surface area contributed by atoms with E-state index in [-0.39, 0.29) is 18.3 Å². The van der Waals surface area contributed by atoms with Gasteiger partial charge in [0, 0.05) is 19.0 Å². The van der Waals surface area contributed by atoms with Gasteiger partial charge < -0.3 is 10.6 Å². The first-order valence-corrected chi connectivity index (χ1v) is 7.71. The van der Waals surface area contributed by atoms with Crippen molar-refractivity contribution in [3.63, 3.8) is 0 Å². The molecule has 2 N–H and O–H groups in total. The van der Waals surface area contributed by atoms with Crippen molar-refractivity contribution in [1.82, 2.24) is 10.6 Å². The third-order valence-corrected chi connectivity index (χ3v) is 4.16. The molecule has 0 bridgehead atoms. The molecule has 2 rings (SSSR count). The second-order valence-corrected chi connectivity index (χ2v) is 5.98. The fourth-order valence-electron chi connectivity index (χ4n) is 2.67. The molecule has 2 atom stereocenters. The Morgan fingerprint density at radius 3 is 2.71 bits per heavy atom. The molecule has 1 saturated heterocycles. The molecule has 0 aromatic heterocycles. The lowest BCUT2D eigenvalue weighted by molar-refractivity contribution is -0.122. The summed E-state index contributed by atoms with van der Waals surface area (Å²) < 4.78 is 0. The number of rotatable bonds is 5. The Kier molecular flexibility index (Phi) is 7.76. The highest BCUT2D eigenvalue weighted by Crippen LogP contribution is 2.12. The fraction of sp³-hybridized carbons (Fsp3) is 0.588. The zero-order chi connectivity index (χ0) is 14.4. The van der Waals surface area contributed by atoms with Crippen molar-refractivity contribution >= 4 is 18.3 Å². The number of benzene rings is 1.